The summed E-state index contributed by atoms with van der Waals surface area (Å²) in [6.45, 7) is 2.19. The van der Waals surface area contributed by atoms with Gasteiger partial charge in [-0.25, -0.2) is 0 Å². The zero-order valence-electron chi connectivity index (χ0n) is 7.98. The van der Waals surface area contributed by atoms with Gasteiger partial charge in [0.25, 0.3) is 0 Å². The fourth-order valence-electron chi connectivity index (χ4n) is 0.837. The normalized spacial score (nSPS) is 6.85. The van der Waals surface area contributed by atoms with Gasteiger partial charge in [-0.1, -0.05) is 32.1 Å². The molecule has 0 saturated carbocycles. The van der Waals surface area contributed by atoms with Crippen LogP contribution in [-0.4, -0.2) is 5.11 Å². The lowest BCUT2D eigenvalue weighted by Gasteiger charge is -1.90. The highest BCUT2D eigenvalue weighted by molar-refractivity contribution is 5.34. The molecule has 0 aliphatic carbocycles. The van der Waals surface area contributed by atoms with E-state index in [1.807, 2.05) is 0 Å². The molecule has 0 atom stereocenters. The van der Waals surface area contributed by atoms with Crippen molar-refractivity contribution in [2.24, 2.45) is 0 Å². The first kappa shape index (κ1) is 11.5. The van der Waals surface area contributed by atoms with Crippen molar-refractivity contribution in [3.8, 4) is 35.7 Å². The predicted molar refractivity (Wildman–Crippen MR) is 54.0 cm³/mol. The quantitative estimate of drug-likeness (QED) is 0.512. The molecule has 0 heterocycles. The average molecular weight is 174 g/mol. The standard InChI is InChI=1S/C12H14O/c1-2-3-4-5-6-7-8-9-10-11-12-13/h13H,2-6H2,1H3. The Kier molecular flexibility index (Phi) is 9.25. The molecule has 0 aromatic rings. The van der Waals surface area contributed by atoms with Gasteiger partial charge in [0.1, 0.15) is 6.11 Å². The summed E-state index contributed by atoms with van der Waals surface area (Å²) in [4.78, 5) is 0. The van der Waals surface area contributed by atoms with Gasteiger partial charge in [0, 0.05) is 18.3 Å². The number of aliphatic hydroxyl groups is 1. The number of unbranched alkanes of at least 4 members (excludes halogenated alkanes) is 4. The Morgan fingerprint density at radius 3 is 2.38 bits per heavy atom. The molecule has 0 saturated heterocycles. The molecule has 0 aromatic carbocycles. The SMILES string of the molecule is CCCCCCC#CC#CC#CO. The van der Waals surface area contributed by atoms with Gasteiger partial charge in [0.2, 0.25) is 0 Å². The maximum Gasteiger partial charge on any atom is 0.122 e. The van der Waals surface area contributed by atoms with E-state index in [0.29, 0.717) is 0 Å². The van der Waals surface area contributed by atoms with Crippen LogP contribution in [0, 0.1) is 35.7 Å². The third-order valence-corrected chi connectivity index (χ3v) is 1.49. The highest BCUT2D eigenvalue weighted by Gasteiger charge is 1.82. The van der Waals surface area contributed by atoms with E-state index < -0.39 is 0 Å². The Morgan fingerprint density at radius 1 is 0.923 bits per heavy atom. The van der Waals surface area contributed by atoms with Crippen molar-refractivity contribution >= 4 is 0 Å². The second-order valence-electron chi connectivity index (χ2n) is 2.60. The minimum Gasteiger partial charge on any atom is -0.461 e. The Balaban J connectivity index is 3.40. The zero-order valence-corrected chi connectivity index (χ0v) is 7.98. The van der Waals surface area contributed by atoms with Crippen LogP contribution in [0.5, 0.6) is 0 Å². The van der Waals surface area contributed by atoms with Gasteiger partial charge in [0.05, 0.1) is 0 Å². The van der Waals surface area contributed by atoms with Crippen molar-refractivity contribution in [2.75, 3.05) is 0 Å². The smallest absolute Gasteiger partial charge is 0.122 e. The first-order valence-corrected chi connectivity index (χ1v) is 4.53. The topological polar surface area (TPSA) is 20.2 Å². The maximum atomic E-state index is 8.05. The van der Waals surface area contributed by atoms with E-state index in [4.69, 9.17) is 5.11 Å². The van der Waals surface area contributed by atoms with Gasteiger partial charge >= 0.3 is 0 Å². The van der Waals surface area contributed by atoms with Gasteiger partial charge in [-0.15, -0.1) is 0 Å². The minimum atomic E-state index is 0.904. The van der Waals surface area contributed by atoms with E-state index in [0.717, 1.165) is 12.8 Å². The third kappa shape index (κ3) is 10.5. The molecule has 0 aliphatic rings. The highest BCUT2D eigenvalue weighted by atomic mass is 16.2. The second kappa shape index (κ2) is 10.5. The molecule has 1 nitrogen and oxygen atoms in total. The van der Waals surface area contributed by atoms with E-state index >= 15 is 0 Å². The summed E-state index contributed by atoms with van der Waals surface area (Å²) in [5, 5.41) is 8.05. The van der Waals surface area contributed by atoms with Crippen molar-refractivity contribution < 1.29 is 5.11 Å². The fourth-order valence-corrected chi connectivity index (χ4v) is 0.837. The van der Waals surface area contributed by atoms with Crippen LogP contribution >= 0.6 is 0 Å². The Bertz CT molecular complexity index is 282. The Hall–Kier alpha value is -1.52. The molecule has 1 N–H and O–H groups in total. The van der Waals surface area contributed by atoms with Crippen molar-refractivity contribution in [3.05, 3.63) is 0 Å². The third-order valence-electron chi connectivity index (χ3n) is 1.49. The summed E-state index contributed by atoms with van der Waals surface area (Å²) < 4.78 is 0. The molecular weight excluding hydrogens is 160 g/mol. The molecule has 0 spiro atoms. The summed E-state index contributed by atoms with van der Waals surface area (Å²) >= 11 is 0. The molecule has 1 heteroatoms. The lowest BCUT2D eigenvalue weighted by Crippen LogP contribution is -1.73. The molecule has 0 aromatic heterocycles. The summed E-state index contributed by atoms with van der Waals surface area (Å²) in [7, 11) is 0. The van der Waals surface area contributed by atoms with Crippen LogP contribution in [0.3, 0.4) is 0 Å². The monoisotopic (exact) mass is 174 g/mol. The second-order valence-corrected chi connectivity index (χ2v) is 2.60. The van der Waals surface area contributed by atoms with Gasteiger partial charge in [-0.05, 0) is 18.3 Å². The minimum absolute atomic E-state index is 0.904. The van der Waals surface area contributed by atoms with Crippen LogP contribution in [0.1, 0.15) is 39.0 Å². The molecule has 0 unspecified atom stereocenters. The van der Waals surface area contributed by atoms with Crippen molar-refractivity contribution in [1.82, 2.24) is 0 Å². The van der Waals surface area contributed by atoms with Crippen molar-refractivity contribution in [2.45, 2.75) is 39.0 Å². The van der Waals surface area contributed by atoms with Crippen LogP contribution in [-0.2, 0) is 0 Å². The Morgan fingerprint density at radius 2 is 1.69 bits per heavy atom. The molecule has 0 aliphatic heterocycles. The molecule has 13 heavy (non-hydrogen) atoms. The lowest BCUT2D eigenvalue weighted by atomic mass is 10.2. The maximum absolute atomic E-state index is 8.05. The van der Waals surface area contributed by atoms with Gasteiger partial charge < -0.3 is 5.11 Å². The lowest BCUT2D eigenvalue weighted by molar-refractivity contribution is 0.517. The molecule has 0 radical (unpaired) electrons. The number of rotatable bonds is 4. The highest BCUT2D eigenvalue weighted by Crippen LogP contribution is 2.00. The van der Waals surface area contributed by atoms with Crippen LogP contribution in [0.15, 0.2) is 0 Å². The number of hydrogen-bond acceptors (Lipinski definition) is 1. The van der Waals surface area contributed by atoms with Gasteiger partial charge in [0.15, 0.2) is 0 Å². The largest absolute Gasteiger partial charge is 0.461 e. The van der Waals surface area contributed by atoms with Crippen molar-refractivity contribution in [3.63, 3.8) is 0 Å². The molecular formula is C12H14O. The molecule has 0 rings (SSSR count). The summed E-state index contributed by atoms with van der Waals surface area (Å²) in [6, 6.07) is 0. The average Bonchev–Trinajstić information content (AvgIpc) is 2.16. The predicted octanol–water partition coefficient (Wildman–Crippen LogP) is 2.30. The molecule has 0 bridgehead atoms. The van der Waals surface area contributed by atoms with Gasteiger partial charge in [-0.2, -0.15) is 0 Å². The zero-order chi connectivity index (χ0) is 9.78. The number of aliphatic hydroxyl groups excluding tert-OH is 1. The first-order chi connectivity index (χ1) is 6.41. The summed E-state index contributed by atoms with van der Waals surface area (Å²) in [5.41, 5.74) is 0. The van der Waals surface area contributed by atoms with Gasteiger partial charge in [-0.3, -0.25) is 0 Å². The van der Waals surface area contributed by atoms with Crippen LogP contribution < -0.4 is 0 Å². The van der Waals surface area contributed by atoms with Crippen LogP contribution in [0.4, 0.5) is 0 Å². The first-order valence-electron chi connectivity index (χ1n) is 4.53. The van der Waals surface area contributed by atoms with E-state index in [1.165, 1.54) is 19.3 Å². The Labute approximate surface area is 80.5 Å². The fraction of sp³-hybridized carbons (Fsp3) is 0.500. The van der Waals surface area contributed by atoms with Crippen LogP contribution in [0.25, 0.3) is 0 Å². The van der Waals surface area contributed by atoms with E-state index in [9.17, 15) is 0 Å². The summed E-state index contributed by atoms with van der Waals surface area (Å²) in [6.07, 6.45) is 7.52. The van der Waals surface area contributed by atoms with E-state index in [-0.39, 0.29) is 0 Å². The molecule has 68 valence electrons. The van der Waals surface area contributed by atoms with Crippen LogP contribution in [0.2, 0.25) is 0 Å². The van der Waals surface area contributed by atoms with Crippen molar-refractivity contribution in [1.29, 1.82) is 0 Å². The molecule has 0 amide bonds. The number of hydrogen-bond donors (Lipinski definition) is 1. The van der Waals surface area contributed by atoms with E-state index in [2.05, 4.69) is 36.5 Å². The molecule has 0 fully saturated rings. The summed E-state index contributed by atoms with van der Waals surface area (Å²) in [5.74, 6) is 12.7. The van der Waals surface area contributed by atoms with E-state index in [1.54, 1.807) is 6.11 Å².